The van der Waals surface area contributed by atoms with Gasteiger partial charge in [-0.1, -0.05) is 0 Å². The monoisotopic (exact) mass is 307 g/mol. The first kappa shape index (κ1) is 9.97. The number of hydrogen-bond donors (Lipinski definition) is 0. The predicted octanol–water partition coefficient (Wildman–Crippen LogP) is 1.97. The fourth-order valence-corrected chi connectivity index (χ4v) is 0.639. The van der Waals surface area contributed by atoms with Gasteiger partial charge in [-0.3, -0.25) is 0 Å². The molecular weight excluding hydrogens is 294 g/mol. The van der Waals surface area contributed by atoms with E-state index in [0.29, 0.717) is 5.92 Å². The van der Waals surface area contributed by atoms with E-state index in [-0.39, 0.29) is 0 Å². The van der Waals surface area contributed by atoms with Crippen molar-refractivity contribution in [3.05, 3.63) is 12.2 Å². The minimum absolute atomic E-state index is 0.621. The first-order valence-electron chi connectivity index (χ1n) is 3.34. The van der Waals surface area contributed by atoms with Crippen molar-refractivity contribution < 1.29 is 19.4 Å². The Kier molecular flexibility index (Phi) is 5.71. The van der Waals surface area contributed by atoms with Gasteiger partial charge in [0, 0.05) is 0 Å². The van der Waals surface area contributed by atoms with Crippen LogP contribution < -0.4 is 0 Å². The van der Waals surface area contributed by atoms with Gasteiger partial charge in [0.25, 0.3) is 0 Å². The van der Waals surface area contributed by atoms with Crippen molar-refractivity contribution in [2.45, 2.75) is 20.8 Å². The molecule has 0 saturated carbocycles. The van der Waals surface area contributed by atoms with E-state index in [1.165, 1.54) is 23.4 Å². The van der Waals surface area contributed by atoms with Gasteiger partial charge in [0.1, 0.15) is 0 Å². The molecule has 0 radical (unpaired) electrons. The Bertz CT molecular complexity index is 157. The van der Waals surface area contributed by atoms with Crippen LogP contribution in [0.4, 0.5) is 0 Å². The summed E-state index contributed by atoms with van der Waals surface area (Å²) in [5.41, 5.74) is 0. The van der Waals surface area contributed by atoms with E-state index in [9.17, 15) is 0 Å². The van der Waals surface area contributed by atoms with E-state index in [0.717, 1.165) is 0 Å². The molecule has 0 aromatic heterocycles. The standard InChI is InChI=1S/C8H13N.W/c1-4-9-7-5-6-8(2)3;/h5-8H,1-3H3;. The molecule has 0 aliphatic heterocycles. The number of hydrogen-bond acceptors (Lipinski definition) is 1. The van der Waals surface area contributed by atoms with Crippen LogP contribution in [0.3, 0.4) is 0 Å². The first-order chi connectivity index (χ1) is 4.63. The van der Waals surface area contributed by atoms with E-state index >= 15 is 0 Å². The molecule has 0 amide bonds. The molecule has 2 heteroatoms. The number of allylic oxidation sites excluding steroid dienone is 2. The van der Waals surface area contributed by atoms with Crippen molar-refractivity contribution in [2.24, 2.45) is 10.9 Å². The van der Waals surface area contributed by atoms with Gasteiger partial charge < -0.3 is 0 Å². The van der Waals surface area contributed by atoms with Crippen LogP contribution in [0.2, 0.25) is 0 Å². The zero-order valence-electron chi connectivity index (χ0n) is 6.66. The molecule has 0 rings (SSSR count). The van der Waals surface area contributed by atoms with E-state index in [1.807, 2.05) is 19.2 Å². The molecule has 0 spiro atoms. The summed E-state index contributed by atoms with van der Waals surface area (Å²) in [5, 5.41) is 0. The molecule has 0 heterocycles. The Balaban J connectivity index is 3.62. The summed E-state index contributed by atoms with van der Waals surface area (Å²) < 4.78 is 1.17. The Morgan fingerprint density at radius 1 is 1.50 bits per heavy atom. The van der Waals surface area contributed by atoms with Gasteiger partial charge in [-0.25, -0.2) is 0 Å². The third-order valence-corrected chi connectivity index (χ3v) is 1.22. The zero-order chi connectivity index (χ0) is 7.98. The first-order valence-corrected chi connectivity index (χ1v) is 4.81. The van der Waals surface area contributed by atoms with Gasteiger partial charge in [0.2, 0.25) is 0 Å². The number of nitrogens with zero attached hydrogens (tertiary/aromatic N) is 1. The minimum atomic E-state index is 0.621. The average Bonchev–Trinajstić information content (AvgIpc) is 1.79. The summed E-state index contributed by atoms with van der Waals surface area (Å²) >= 11 is 1.43. The van der Waals surface area contributed by atoms with E-state index in [4.69, 9.17) is 0 Å². The predicted molar refractivity (Wildman–Crippen MR) is 43.2 cm³/mol. The molecule has 0 unspecified atom stereocenters. The Morgan fingerprint density at radius 3 is 2.50 bits per heavy atom. The van der Waals surface area contributed by atoms with Crippen molar-refractivity contribution in [1.82, 2.24) is 0 Å². The van der Waals surface area contributed by atoms with Crippen LogP contribution in [0.25, 0.3) is 0 Å². The zero-order valence-corrected chi connectivity index (χ0v) is 9.60. The normalized spacial score (nSPS) is 12.0. The molecule has 0 fully saturated rings. The summed E-state index contributed by atoms with van der Waals surface area (Å²) in [4.78, 5) is 4.14. The van der Waals surface area contributed by atoms with E-state index in [2.05, 4.69) is 24.9 Å². The van der Waals surface area contributed by atoms with Gasteiger partial charge in [-0.05, 0) is 0 Å². The second kappa shape index (κ2) is 5.73. The van der Waals surface area contributed by atoms with Crippen molar-refractivity contribution in [2.75, 3.05) is 0 Å². The quantitative estimate of drug-likeness (QED) is 0.707. The fourth-order valence-electron chi connectivity index (χ4n) is 0.420. The second-order valence-electron chi connectivity index (χ2n) is 2.43. The SMILES string of the molecule is C[C](=[W])N=CC=CC(C)C. The van der Waals surface area contributed by atoms with Crippen LogP contribution >= 0.6 is 0 Å². The summed E-state index contributed by atoms with van der Waals surface area (Å²) in [6.45, 7) is 6.32. The Hall–Kier alpha value is -0.0317. The number of rotatable bonds is 3. The molecule has 0 bridgehead atoms. The molecule has 0 N–H and O–H groups in total. The van der Waals surface area contributed by atoms with Crippen LogP contribution in [0.1, 0.15) is 20.8 Å². The van der Waals surface area contributed by atoms with Gasteiger partial charge >= 0.3 is 73.4 Å². The summed E-state index contributed by atoms with van der Waals surface area (Å²) in [6.07, 6.45) is 5.97. The van der Waals surface area contributed by atoms with Crippen LogP contribution in [0.15, 0.2) is 17.1 Å². The van der Waals surface area contributed by atoms with Gasteiger partial charge in [0.15, 0.2) is 0 Å². The van der Waals surface area contributed by atoms with Crippen molar-refractivity contribution in [3.8, 4) is 0 Å². The second-order valence-corrected chi connectivity index (χ2v) is 4.55. The third-order valence-electron chi connectivity index (χ3n) is 0.838. The maximum absolute atomic E-state index is 4.14. The number of aliphatic imine (C=N–C) groups is 1. The molecule has 1 nitrogen and oxygen atoms in total. The molecule has 0 aromatic carbocycles. The molecule has 0 saturated heterocycles. The van der Waals surface area contributed by atoms with Crippen LogP contribution in [-0.2, 0) is 19.4 Å². The maximum atomic E-state index is 4.14. The molecule has 0 aliphatic rings. The van der Waals surface area contributed by atoms with E-state index < -0.39 is 0 Å². The molecular formula is C8H13NW. The Morgan fingerprint density at radius 2 is 2.10 bits per heavy atom. The van der Waals surface area contributed by atoms with Crippen LogP contribution in [0, 0.1) is 5.92 Å². The molecule has 0 atom stereocenters. The van der Waals surface area contributed by atoms with Crippen LogP contribution in [0.5, 0.6) is 0 Å². The summed E-state index contributed by atoms with van der Waals surface area (Å²) in [6, 6.07) is 0. The van der Waals surface area contributed by atoms with Crippen molar-refractivity contribution >= 4 is 10.2 Å². The molecule has 0 aliphatic carbocycles. The Labute approximate surface area is 73.7 Å². The van der Waals surface area contributed by atoms with Crippen LogP contribution in [-0.4, -0.2) is 10.2 Å². The summed E-state index contributed by atoms with van der Waals surface area (Å²) in [5.74, 6) is 0.621. The average molecular weight is 307 g/mol. The topological polar surface area (TPSA) is 12.4 Å². The molecule has 56 valence electrons. The van der Waals surface area contributed by atoms with Gasteiger partial charge in [-0.15, -0.1) is 0 Å². The molecule has 10 heavy (non-hydrogen) atoms. The van der Waals surface area contributed by atoms with Gasteiger partial charge in [0.05, 0.1) is 0 Å². The fraction of sp³-hybridized carbons (Fsp3) is 0.500. The summed E-state index contributed by atoms with van der Waals surface area (Å²) in [7, 11) is 0. The van der Waals surface area contributed by atoms with Gasteiger partial charge in [-0.2, -0.15) is 0 Å². The van der Waals surface area contributed by atoms with Crippen molar-refractivity contribution in [3.63, 3.8) is 0 Å². The van der Waals surface area contributed by atoms with E-state index in [1.54, 1.807) is 0 Å². The molecule has 0 aromatic rings. The van der Waals surface area contributed by atoms with Crippen molar-refractivity contribution in [1.29, 1.82) is 0 Å². The third kappa shape index (κ3) is 7.97.